The molecule has 218 valence electrons. The van der Waals surface area contributed by atoms with Crippen LogP contribution in [0.3, 0.4) is 0 Å². The molecule has 3 heterocycles. The van der Waals surface area contributed by atoms with Crippen molar-refractivity contribution >= 4 is 35.6 Å². The van der Waals surface area contributed by atoms with Gasteiger partial charge in [-0.2, -0.15) is 0 Å². The van der Waals surface area contributed by atoms with Crippen molar-refractivity contribution in [3.63, 3.8) is 0 Å². The highest BCUT2D eigenvalue weighted by atomic mass is 32.2. The van der Waals surface area contributed by atoms with Gasteiger partial charge in [0.05, 0.1) is 6.20 Å². The third-order valence-electron chi connectivity index (χ3n) is 7.28. The van der Waals surface area contributed by atoms with Gasteiger partial charge in [-0.15, -0.1) is 11.8 Å². The highest BCUT2D eigenvalue weighted by Gasteiger charge is 2.54. The number of hydrogen-bond acceptors (Lipinski definition) is 8. The minimum Gasteiger partial charge on any atom is -0.461 e. The molecule has 4 aromatic rings. The lowest BCUT2D eigenvalue weighted by Crippen LogP contribution is -2.68. The van der Waals surface area contributed by atoms with E-state index in [4.69, 9.17) is 9.47 Å². The van der Waals surface area contributed by atoms with Gasteiger partial charge in [-0.1, -0.05) is 91.0 Å². The summed E-state index contributed by atoms with van der Waals surface area (Å²) < 4.78 is 11.4. The minimum absolute atomic E-state index is 0.107. The summed E-state index contributed by atoms with van der Waals surface area (Å²) >= 11 is 1.49. The van der Waals surface area contributed by atoms with Crippen molar-refractivity contribution in [3.8, 4) is 0 Å². The maximum absolute atomic E-state index is 13.9. The first-order valence-corrected chi connectivity index (χ1v) is 15.0. The molecule has 2 N–H and O–H groups in total. The molecular formula is C33H30N4O5S. The van der Waals surface area contributed by atoms with Gasteiger partial charge in [0.25, 0.3) is 5.91 Å². The Morgan fingerprint density at radius 1 is 1.00 bits per heavy atom. The molecule has 0 bridgehead atoms. The van der Waals surface area contributed by atoms with Crippen LogP contribution in [0.5, 0.6) is 0 Å². The summed E-state index contributed by atoms with van der Waals surface area (Å²) in [5.74, 6) is -0.543. The first kappa shape index (κ1) is 28.3. The highest BCUT2D eigenvalue weighted by molar-refractivity contribution is 8.00. The number of ether oxygens (including phenoxy) is 2. The van der Waals surface area contributed by atoms with E-state index in [0.717, 1.165) is 22.4 Å². The molecule has 1 aromatic heterocycles. The van der Waals surface area contributed by atoms with E-state index in [-0.39, 0.29) is 23.6 Å². The van der Waals surface area contributed by atoms with Gasteiger partial charge >= 0.3 is 11.9 Å². The quantitative estimate of drug-likeness (QED) is 0.198. The zero-order valence-electron chi connectivity index (χ0n) is 23.4. The number of nitrogens with zero attached hydrogens (tertiary/aromatic N) is 2. The fraction of sp³-hybridized carbons (Fsp3) is 0.212. The molecule has 43 heavy (non-hydrogen) atoms. The number of benzene rings is 3. The van der Waals surface area contributed by atoms with E-state index in [0.29, 0.717) is 23.7 Å². The number of rotatable bonds is 10. The number of nitrogens with one attached hydrogen (secondary N) is 2. The molecule has 1 fully saturated rings. The van der Waals surface area contributed by atoms with Crippen molar-refractivity contribution in [1.29, 1.82) is 0 Å². The van der Waals surface area contributed by atoms with Gasteiger partial charge in [0, 0.05) is 30.4 Å². The Labute approximate surface area is 253 Å². The number of aromatic amines is 1. The molecule has 1 saturated heterocycles. The van der Waals surface area contributed by atoms with Crippen LogP contribution in [0.15, 0.2) is 108 Å². The van der Waals surface area contributed by atoms with Crippen molar-refractivity contribution in [1.82, 2.24) is 14.9 Å². The summed E-state index contributed by atoms with van der Waals surface area (Å²) in [5.41, 5.74) is 4.29. The number of esters is 2. The van der Waals surface area contributed by atoms with E-state index in [1.165, 1.54) is 23.6 Å². The Morgan fingerprint density at radius 3 is 2.26 bits per heavy atom. The van der Waals surface area contributed by atoms with E-state index in [9.17, 15) is 14.4 Å². The van der Waals surface area contributed by atoms with Gasteiger partial charge in [-0.25, -0.2) is 9.78 Å². The van der Waals surface area contributed by atoms with Gasteiger partial charge in [0.15, 0.2) is 6.10 Å². The Balaban J connectivity index is 1.23. The number of imidazole rings is 1. The standard InChI is InChI=1S/C33H30N4O5S/c1-21(38)41-19-25-20-43-31-27(36-33-34-18-26(35-33)17-22-11-5-2-6-12-22)30(39)37(31)28(25)32(40)42-29(23-13-7-3-8-14-23)24-15-9-4-10-16-24/h2-16,18,27,29,31H,17,19-20H2,1H3,(H2,34,35,36)/t27?,31-/m1/s1. The number of hydrogen-bond donors (Lipinski definition) is 2. The molecule has 9 nitrogen and oxygen atoms in total. The fourth-order valence-corrected chi connectivity index (χ4v) is 6.53. The molecular weight excluding hydrogens is 564 g/mol. The Bertz CT molecular complexity index is 1600. The summed E-state index contributed by atoms with van der Waals surface area (Å²) in [7, 11) is 0. The lowest BCUT2D eigenvalue weighted by atomic mass is 10.0. The third-order valence-corrected chi connectivity index (χ3v) is 8.62. The van der Waals surface area contributed by atoms with Crippen LogP contribution in [-0.2, 0) is 30.3 Å². The summed E-state index contributed by atoms with van der Waals surface area (Å²) in [4.78, 5) is 48.3. The smallest absolute Gasteiger partial charge is 0.356 e. The maximum atomic E-state index is 13.9. The van der Waals surface area contributed by atoms with Gasteiger partial charge in [0.1, 0.15) is 23.7 Å². The number of β-lactam (4-membered cyclic amide) rings is 1. The normalized spacial score (nSPS) is 17.7. The van der Waals surface area contributed by atoms with Gasteiger partial charge in [-0.05, 0) is 16.7 Å². The number of H-pyrrole nitrogens is 1. The molecule has 0 spiro atoms. The average Bonchev–Trinajstić information content (AvgIpc) is 3.48. The molecule has 6 rings (SSSR count). The number of aromatic nitrogens is 2. The molecule has 3 aromatic carbocycles. The number of anilines is 1. The minimum atomic E-state index is -0.693. The Kier molecular flexibility index (Phi) is 8.28. The largest absolute Gasteiger partial charge is 0.461 e. The molecule has 1 unspecified atom stereocenters. The fourth-order valence-electron chi connectivity index (χ4n) is 5.20. The van der Waals surface area contributed by atoms with Crippen molar-refractivity contribution in [3.05, 3.63) is 131 Å². The van der Waals surface area contributed by atoms with Crippen LogP contribution >= 0.6 is 11.8 Å². The molecule has 10 heteroatoms. The predicted octanol–water partition coefficient (Wildman–Crippen LogP) is 4.85. The zero-order valence-corrected chi connectivity index (χ0v) is 24.3. The molecule has 0 saturated carbocycles. The lowest BCUT2D eigenvalue weighted by Gasteiger charge is -2.49. The Hall–Kier alpha value is -4.83. The van der Waals surface area contributed by atoms with Crippen molar-refractivity contribution in [2.75, 3.05) is 17.7 Å². The molecule has 2 aliphatic rings. The second kappa shape index (κ2) is 12.6. The van der Waals surface area contributed by atoms with E-state index in [1.54, 1.807) is 6.20 Å². The van der Waals surface area contributed by atoms with Gasteiger partial charge < -0.3 is 19.8 Å². The van der Waals surface area contributed by atoms with E-state index in [1.807, 2.05) is 91.0 Å². The van der Waals surface area contributed by atoms with E-state index >= 15 is 0 Å². The van der Waals surface area contributed by atoms with Crippen LogP contribution < -0.4 is 5.32 Å². The number of carbonyl (C=O) groups is 3. The SMILES string of the molecule is CC(=O)OCC1=C(C(=O)OC(c2ccccc2)c2ccccc2)N2C(=O)C(Nc3ncc(Cc4ccccc4)[nH]3)[C@H]2SC1. The van der Waals surface area contributed by atoms with Crippen LogP contribution in [0.4, 0.5) is 5.95 Å². The molecule has 0 aliphatic carbocycles. The van der Waals surface area contributed by atoms with Crippen molar-refractivity contribution in [2.24, 2.45) is 0 Å². The summed E-state index contributed by atoms with van der Waals surface area (Å²) in [6, 6.07) is 28.3. The van der Waals surface area contributed by atoms with Crippen LogP contribution in [0, 0.1) is 0 Å². The maximum Gasteiger partial charge on any atom is 0.356 e. The van der Waals surface area contributed by atoms with Crippen LogP contribution in [-0.4, -0.2) is 56.5 Å². The highest BCUT2D eigenvalue weighted by Crippen LogP contribution is 2.42. The topological polar surface area (TPSA) is 114 Å². The zero-order chi connectivity index (χ0) is 29.8. The first-order chi connectivity index (χ1) is 21.0. The third kappa shape index (κ3) is 6.19. The van der Waals surface area contributed by atoms with Crippen molar-refractivity contribution in [2.45, 2.75) is 30.9 Å². The summed E-state index contributed by atoms with van der Waals surface area (Å²) in [6.07, 6.45) is 1.74. The number of fused-ring (bicyclic) bond motifs is 1. The number of thioether (sulfide) groups is 1. The monoisotopic (exact) mass is 594 g/mol. The summed E-state index contributed by atoms with van der Waals surface area (Å²) in [6.45, 7) is 1.20. The van der Waals surface area contributed by atoms with Crippen LogP contribution in [0.25, 0.3) is 0 Å². The van der Waals surface area contributed by atoms with Crippen LogP contribution in [0.2, 0.25) is 0 Å². The molecule has 1 amide bonds. The van der Waals surface area contributed by atoms with E-state index in [2.05, 4.69) is 15.3 Å². The second-order valence-electron chi connectivity index (χ2n) is 10.3. The van der Waals surface area contributed by atoms with Gasteiger partial charge in [-0.3, -0.25) is 14.5 Å². The van der Waals surface area contributed by atoms with Crippen molar-refractivity contribution < 1.29 is 23.9 Å². The Morgan fingerprint density at radius 2 is 1.63 bits per heavy atom. The van der Waals surface area contributed by atoms with Gasteiger partial charge in [0.2, 0.25) is 5.95 Å². The van der Waals surface area contributed by atoms with Crippen LogP contribution in [0.1, 0.15) is 35.4 Å². The van der Waals surface area contributed by atoms with E-state index < -0.39 is 24.1 Å². The molecule has 2 atom stereocenters. The predicted molar refractivity (Wildman–Crippen MR) is 163 cm³/mol. The molecule has 0 radical (unpaired) electrons. The first-order valence-electron chi connectivity index (χ1n) is 13.9. The number of carbonyl (C=O) groups excluding carboxylic acids is 3. The average molecular weight is 595 g/mol. The molecule has 2 aliphatic heterocycles. The summed E-state index contributed by atoms with van der Waals surface area (Å²) in [5, 5.41) is 2.84. The second-order valence-corrected chi connectivity index (χ2v) is 11.4. The lowest BCUT2D eigenvalue weighted by molar-refractivity contribution is -0.152. The number of amides is 1.